The smallest absolute Gasteiger partial charge is 0.343 e. The molecule has 3 N–H and O–H groups in total. The van der Waals surface area contributed by atoms with Gasteiger partial charge in [-0.15, -0.1) is 0 Å². The van der Waals surface area contributed by atoms with Crippen molar-refractivity contribution < 1.29 is 19.8 Å². The number of hydrogen-bond acceptors (Lipinski definition) is 7. The molecule has 3 aromatic rings. The molecule has 0 saturated carbocycles. The predicted octanol–water partition coefficient (Wildman–Crippen LogP) is 1.56. The highest BCUT2D eigenvalue weighted by Crippen LogP contribution is 2.40. The first kappa shape index (κ1) is 18.0. The summed E-state index contributed by atoms with van der Waals surface area (Å²) in [5.74, 6) is -0.744. The number of aromatic nitrogens is 2. The molecule has 29 heavy (non-hydrogen) atoms. The molecule has 8 heteroatoms. The van der Waals surface area contributed by atoms with E-state index in [0.717, 1.165) is 22.0 Å². The minimum atomic E-state index is -1.85. The van der Waals surface area contributed by atoms with E-state index in [-0.39, 0.29) is 36.3 Å². The number of fused-ring (bicyclic) bond motifs is 5. The van der Waals surface area contributed by atoms with Crippen molar-refractivity contribution in [3.63, 3.8) is 0 Å². The highest BCUT2D eigenvalue weighted by molar-refractivity contribution is 5.89. The molecule has 2 aromatic heterocycles. The van der Waals surface area contributed by atoms with E-state index in [1.807, 2.05) is 24.3 Å². The summed E-state index contributed by atoms with van der Waals surface area (Å²) in [5.41, 5.74) is 4.22. The van der Waals surface area contributed by atoms with Crippen molar-refractivity contribution in [2.45, 2.75) is 38.6 Å². The van der Waals surface area contributed by atoms with Gasteiger partial charge in [-0.2, -0.15) is 0 Å². The Hall–Kier alpha value is -3.07. The first-order valence-corrected chi connectivity index (χ1v) is 9.44. The minimum absolute atomic E-state index is 0.0966. The number of esters is 1. The van der Waals surface area contributed by atoms with Crippen molar-refractivity contribution in [2.24, 2.45) is 0 Å². The predicted molar refractivity (Wildman–Crippen MR) is 103 cm³/mol. The van der Waals surface area contributed by atoms with E-state index in [4.69, 9.17) is 9.72 Å². The van der Waals surface area contributed by atoms with Crippen LogP contribution in [0.15, 0.2) is 35.1 Å². The average Bonchev–Trinajstić information content (AvgIpc) is 3.10. The zero-order chi connectivity index (χ0) is 20.3. The van der Waals surface area contributed by atoms with Gasteiger partial charge in [0.1, 0.15) is 6.61 Å². The molecule has 0 amide bonds. The van der Waals surface area contributed by atoms with Crippen LogP contribution < -0.4 is 11.0 Å². The fourth-order valence-corrected chi connectivity index (χ4v) is 4.39. The number of pyridine rings is 2. The molecule has 4 heterocycles. The maximum absolute atomic E-state index is 13.2. The largest absolute Gasteiger partial charge is 0.458 e. The monoisotopic (exact) mass is 393 g/mol. The fourth-order valence-electron chi connectivity index (χ4n) is 4.39. The van der Waals surface area contributed by atoms with Crippen LogP contribution in [0.4, 0.5) is 0 Å². The van der Waals surface area contributed by atoms with Gasteiger partial charge in [-0.1, -0.05) is 25.1 Å². The Morgan fingerprint density at radius 1 is 1.28 bits per heavy atom. The maximum atomic E-state index is 13.2. The normalized spacial score (nSPS) is 19.6. The van der Waals surface area contributed by atoms with Crippen LogP contribution in [0.5, 0.6) is 0 Å². The first-order valence-electron chi connectivity index (χ1n) is 9.44. The summed E-state index contributed by atoms with van der Waals surface area (Å²) in [7, 11) is 0. The van der Waals surface area contributed by atoms with E-state index >= 15 is 0 Å². The summed E-state index contributed by atoms with van der Waals surface area (Å²) in [6, 6.07) is 9.25. The molecule has 0 bridgehead atoms. The Morgan fingerprint density at radius 3 is 2.83 bits per heavy atom. The number of rotatable bonds is 3. The van der Waals surface area contributed by atoms with Gasteiger partial charge in [-0.25, -0.2) is 15.3 Å². The summed E-state index contributed by atoms with van der Waals surface area (Å²) < 4.78 is 6.68. The van der Waals surface area contributed by atoms with Crippen molar-refractivity contribution >= 4 is 16.9 Å². The van der Waals surface area contributed by atoms with Crippen LogP contribution in [0.25, 0.3) is 22.3 Å². The summed E-state index contributed by atoms with van der Waals surface area (Å²) in [6.45, 7) is 2.01. The van der Waals surface area contributed by atoms with E-state index in [1.54, 1.807) is 17.6 Å². The lowest BCUT2D eigenvalue weighted by atomic mass is 9.86. The molecule has 1 atom stereocenters. The Labute approximate surface area is 165 Å². The van der Waals surface area contributed by atoms with Crippen LogP contribution in [0.1, 0.15) is 35.6 Å². The SMILES string of the molecule is CC[C@@]1(O)C(=O)OCc2c1cc1n(c2=O)Cc2c-1nc1ccccc1c2CNO. The molecule has 0 aliphatic carbocycles. The number of nitrogens with zero attached hydrogens (tertiary/aromatic N) is 2. The van der Waals surface area contributed by atoms with E-state index < -0.39 is 11.6 Å². The second-order valence-electron chi connectivity index (χ2n) is 7.37. The van der Waals surface area contributed by atoms with Gasteiger partial charge in [-0.3, -0.25) is 4.79 Å². The molecule has 2 aliphatic heterocycles. The number of aliphatic hydroxyl groups is 1. The number of ether oxygens (including phenoxy) is 1. The van der Waals surface area contributed by atoms with Crippen molar-refractivity contribution in [3.8, 4) is 11.4 Å². The first-order chi connectivity index (χ1) is 14.0. The maximum Gasteiger partial charge on any atom is 0.343 e. The standard InChI is InChI=1S/C21H19N3O5/c1-2-21(27)15-7-17-18-13(9-24(17)19(25)14(15)10-29-20(21)26)12(8-22-28)11-5-3-4-6-16(11)23-18/h3-7,22,27-28H,2,8-10H2,1H3/t21-/m0/s1. The molecule has 0 saturated heterocycles. The molecule has 0 unspecified atom stereocenters. The van der Waals surface area contributed by atoms with Crippen LogP contribution in [-0.4, -0.2) is 25.8 Å². The van der Waals surface area contributed by atoms with Crippen molar-refractivity contribution in [3.05, 3.63) is 62.9 Å². The van der Waals surface area contributed by atoms with Crippen LogP contribution >= 0.6 is 0 Å². The lowest BCUT2D eigenvalue weighted by molar-refractivity contribution is -0.172. The van der Waals surface area contributed by atoms with Gasteiger partial charge in [0, 0.05) is 23.1 Å². The summed E-state index contributed by atoms with van der Waals surface area (Å²) in [5, 5.41) is 21.2. The Balaban J connectivity index is 1.83. The average molecular weight is 393 g/mol. The molecule has 148 valence electrons. The van der Waals surface area contributed by atoms with E-state index in [1.165, 1.54) is 0 Å². The van der Waals surface area contributed by atoms with Gasteiger partial charge in [0.25, 0.3) is 5.56 Å². The zero-order valence-electron chi connectivity index (χ0n) is 15.7. The highest BCUT2D eigenvalue weighted by Gasteiger charge is 2.45. The molecule has 8 nitrogen and oxygen atoms in total. The minimum Gasteiger partial charge on any atom is -0.458 e. The summed E-state index contributed by atoms with van der Waals surface area (Å²) >= 11 is 0. The van der Waals surface area contributed by atoms with E-state index in [2.05, 4.69) is 5.48 Å². The topological polar surface area (TPSA) is 114 Å². The third kappa shape index (κ3) is 2.33. The third-order valence-corrected chi connectivity index (χ3v) is 5.97. The number of nitrogens with one attached hydrogen (secondary N) is 1. The third-order valence-electron chi connectivity index (χ3n) is 5.97. The number of cyclic esters (lactones) is 1. The van der Waals surface area contributed by atoms with Crippen molar-refractivity contribution in [2.75, 3.05) is 0 Å². The number of hydrogen-bond donors (Lipinski definition) is 3. The van der Waals surface area contributed by atoms with Gasteiger partial charge in [0.15, 0.2) is 5.60 Å². The molecule has 0 radical (unpaired) electrons. The van der Waals surface area contributed by atoms with E-state index in [0.29, 0.717) is 17.9 Å². The lowest BCUT2D eigenvalue weighted by Gasteiger charge is -2.31. The summed E-state index contributed by atoms with van der Waals surface area (Å²) in [4.78, 5) is 30.2. The summed E-state index contributed by atoms with van der Waals surface area (Å²) in [6.07, 6.45) is 0.0966. The van der Waals surface area contributed by atoms with E-state index in [9.17, 15) is 19.9 Å². The Kier molecular flexibility index (Phi) is 3.86. The quantitative estimate of drug-likeness (QED) is 0.357. The highest BCUT2D eigenvalue weighted by atomic mass is 16.6. The molecule has 2 aliphatic rings. The second kappa shape index (κ2) is 6.21. The molecular formula is C21H19N3O5. The number of carbonyl (C=O) groups is 1. The van der Waals surface area contributed by atoms with Gasteiger partial charge in [0.05, 0.1) is 29.0 Å². The number of para-hydroxylation sites is 1. The van der Waals surface area contributed by atoms with Crippen LogP contribution in [0, 0.1) is 0 Å². The lowest BCUT2D eigenvalue weighted by Crippen LogP contribution is -2.44. The molecule has 5 rings (SSSR count). The molecule has 0 fully saturated rings. The molecule has 0 spiro atoms. The second-order valence-corrected chi connectivity index (χ2v) is 7.37. The number of benzene rings is 1. The Bertz CT molecular complexity index is 1250. The van der Waals surface area contributed by atoms with Crippen LogP contribution in [0.2, 0.25) is 0 Å². The van der Waals surface area contributed by atoms with Gasteiger partial charge in [-0.05, 0) is 24.1 Å². The Morgan fingerprint density at radius 2 is 2.07 bits per heavy atom. The number of carbonyl (C=O) groups excluding carboxylic acids is 1. The fraction of sp³-hybridized carbons (Fsp3) is 0.286. The molecule has 1 aromatic carbocycles. The van der Waals surface area contributed by atoms with Crippen molar-refractivity contribution in [1.29, 1.82) is 0 Å². The van der Waals surface area contributed by atoms with Crippen LogP contribution in [0.3, 0.4) is 0 Å². The van der Waals surface area contributed by atoms with Crippen molar-refractivity contribution in [1.82, 2.24) is 15.0 Å². The molecular weight excluding hydrogens is 374 g/mol. The zero-order valence-corrected chi connectivity index (χ0v) is 15.7. The van der Waals surface area contributed by atoms with Gasteiger partial charge < -0.3 is 19.6 Å². The van der Waals surface area contributed by atoms with Gasteiger partial charge in [0.2, 0.25) is 0 Å². The van der Waals surface area contributed by atoms with Crippen LogP contribution in [-0.2, 0) is 34.8 Å². The number of hydroxylamine groups is 1. The van der Waals surface area contributed by atoms with Gasteiger partial charge >= 0.3 is 5.97 Å².